The third-order valence-corrected chi connectivity index (χ3v) is 3.44. The fourth-order valence-electron chi connectivity index (χ4n) is 2.20. The van der Waals surface area contributed by atoms with E-state index in [1.165, 1.54) is 18.2 Å². The van der Waals surface area contributed by atoms with Crippen LogP contribution in [-0.4, -0.2) is 39.3 Å². The molecule has 3 rings (SSSR count). The number of aromatic nitrogens is 4. The first kappa shape index (κ1) is 18.0. The number of para-hydroxylation sites is 1. The van der Waals surface area contributed by atoms with Gasteiger partial charge in [-0.2, -0.15) is 4.80 Å². The summed E-state index contributed by atoms with van der Waals surface area (Å²) >= 11 is 0. The number of tetrazole rings is 1. The molecule has 0 spiro atoms. The van der Waals surface area contributed by atoms with Gasteiger partial charge < -0.3 is 10.1 Å². The van der Waals surface area contributed by atoms with E-state index >= 15 is 0 Å². The molecule has 27 heavy (non-hydrogen) atoms. The predicted molar refractivity (Wildman–Crippen MR) is 93.4 cm³/mol. The highest BCUT2D eigenvalue weighted by Crippen LogP contribution is 2.19. The van der Waals surface area contributed by atoms with Gasteiger partial charge in [0.15, 0.2) is 0 Å². The van der Waals surface area contributed by atoms with Crippen molar-refractivity contribution in [1.82, 2.24) is 25.5 Å². The van der Waals surface area contributed by atoms with E-state index in [1.807, 2.05) is 0 Å². The van der Waals surface area contributed by atoms with Gasteiger partial charge in [-0.05, 0) is 29.5 Å². The van der Waals surface area contributed by atoms with Gasteiger partial charge in [-0.15, -0.1) is 10.2 Å². The second-order valence-electron chi connectivity index (χ2n) is 5.36. The first-order valence-corrected chi connectivity index (χ1v) is 7.83. The van der Waals surface area contributed by atoms with Gasteiger partial charge in [-0.25, -0.2) is 9.18 Å². The first-order valence-electron chi connectivity index (χ1n) is 7.83. The monoisotopic (exact) mass is 370 g/mol. The maximum absolute atomic E-state index is 13.5. The van der Waals surface area contributed by atoms with Crippen LogP contribution in [0, 0.1) is 5.82 Å². The predicted octanol–water partition coefficient (Wildman–Crippen LogP) is 1.84. The Hall–Kier alpha value is -3.82. The molecule has 0 radical (unpaired) electrons. The summed E-state index contributed by atoms with van der Waals surface area (Å²) in [6.45, 7) is -0.332. The van der Waals surface area contributed by atoms with Gasteiger partial charge >= 0.3 is 6.03 Å². The Kier molecular flexibility index (Phi) is 5.36. The Labute approximate surface area is 153 Å². The lowest BCUT2D eigenvalue weighted by molar-refractivity contribution is -0.120. The van der Waals surface area contributed by atoms with Gasteiger partial charge in [0.2, 0.25) is 5.82 Å². The molecule has 138 valence electrons. The number of hydrogen-bond acceptors (Lipinski definition) is 6. The molecule has 3 amide bonds. The van der Waals surface area contributed by atoms with E-state index in [0.29, 0.717) is 17.1 Å². The van der Waals surface area contributed by atoms with Gasteiger partial charge in [0.05, 0.1) is 12.8 Å². The fourth-order valence-corrected chi connectivity index (χ4v) is 2.20. The third-order valence-electron chi connectivity index (χ3n) is 3.44. The van der Waals surface area contributed by atoms with Crippen molar-refractivity contribution >= 4 is 17.6 Å². The molecular formula is C17H15FN6O3. The van der Waals surface area contributed by atoms with E-state index in [9.17, 15) is 14.0 Å². The molecule has 0 unspecified atom stereocenters. The number of hydrogen-bond donors (Lipinski definition) is 2. The average Bonchev–Trinajstić information content (AvgIpc) is 3.12. The quantitative estimate of drug-likeness (QED) is 0.709. The van der Waals surface area contributed by atoms with Crippen molar-refractivity contribution in [2.45, 2.75) is 6.54 Å². The van der Waals surface area contributed by atoms with Crippen molar-refractivity contribution in [3.63, 3.8) is 0 Å². The zero-order valence-corrected chi connectivity index (χ0v) is 14.2. The lowest BCUT2D eigenvalue weighted by Gasteiger charge is -2.06. The Morgan fingerprint density at radius 1 is 1.19 bits per heavy atom. The van der Waals surface area contributed by atoms with Crippen LogP contribution in [0.1, 0.15) is 0 Å². The van der Waals surface area contributed by atoms with Gasteiger partial charge in [0.25, 0.3) is 5.91 Å². The first-order chi connectivity index (χ1) is 13.0. The number of halogens is 1. The number of anilines is 1. The van der Waals surface area contributed by atoms with Crippen LogP contribution >= 0.6 is 0 Å². The standard InChI is InChI=1S/C17H15FN6O3/c1-27-12-6-4-5-11(9-12)16-21-23-24(22-16)10-15(25)20-17(26)19-14-8-3-2-7-13(14)18/h2-9H,10H2,1H3,(H2,19,20,25,26). The average molecular weight is 370 g/mol. The minimum absolute atomic E-state index is 0.0398. The van der Waals surface area contributed by atoms with E-state index in [0.717, 1.165) is 4.80 Å². The topological polar surface area (TPSA) is 111 Å². The Morgan fingerprint density at radius 2 is 2.00 bits per heavy atom. The maximum Gasteiger partial charge on any atom is 0.326 e. The van der Waals surface area contributed by atoms with Crippen LogP contribution in [0.25, 0.3) is 11.4 Å². The number of ether oxygens (including phenoxy) is 1. The van der Waals surface area contributed by atoms with E-state index in [-0.39, 0.29) is 12.2 Å². The molecule has 1 heterocycles. The van der Waals surface area contributed by atoms with Crippen molar-refractivity contribution in [1.29, 1.82) is 0 Å². The third kappa shape index (κ3) is 4.63. The number of carbonyl (C=O) groups is 2. The molecule has 0 fully saturated rings. The van der Waals surface area contributed by atoms with Crippen molar-refractivity contribution in [3.8, 4) is 17.1 Å². The van der Waals surface area contributed by atoms with Crippen LogP contribution in [0.3, 0.4) is 0 Å². The number of rotatable bonds is 5. The fraction of sp³-hybridized carbons (Fsp3) is 0.118. The lowest BCUT2D eigenvalue weighted by Crippen LogP contribution is -2.37. The lowest BCUT2D eigenvalue weighted by atomic mass is 10.2. The number of amides is 3. The molecular weight excluding hydrogens is 355 g/mol. The Balaban J connectivity index is 1.59. The van der Waals surface area contributed by atoms with Crippen molar-refractivity contribution in [2.75, 3.05) is 12.4 Å². The number of methoxy groups -OCH3 is 1. The van der Waals surface area contributed by atoms with E-state index in [1.54, 1.807) is 37.4 Å². The summed E-state index contributed by atoms with van der Waals surface area (Å²) in [4.78, 5) is 24.7. The van der Waals surface area contributed by atoms with Gasteiger partial charge in [-0.1, -0.05) is 24.3 Å². The van der Waals surface area contributed by atoms with Crippen LogP contribution in [-0.2, 0) is 11.3 Å². The molecule has 9 nitrogen and oxygen atoms in total. The summed E-state index contributed by atoms with van der Waals surface area (Å²) in [5.41, 5.74) is 0.625. The van der Waals surface area contributed by atoms with Gasteiger partial charge in [-0.3, -0.25) is 10.1 Å². The summed E-state index contributed by atoms with van der Waals surface area (Å²) in [5.74, 6) is -0.358. The van der Waals surface area contributed by atoms with E-state index < -0.39 is 17.8 Å². The SMILES string of the molecule is COc1cccc(-c2nnn(CC(=O)NC(=O)Nc3ccccc3F)n2)c1. The van der Waals surface area contributed by atoms with Crippen LogP contribution < -0.4 is 15.4 Å². The molecule has 0 aliphatic rings. The summed E-state index contributed by atoms with van der Waals surface area (Å²) in [7, 11) is 1.54. The van der Waals surface area contributed by atoms with E-state index in [2.05, 4.69) is 26.0 Å². The number of urea groups is 1. The van der Waals surface area contributed by atoms with E-state index in [4.69, 9.17) is 4.74 Å². The highest BCUT2D eigenvalue weighted by molar-refractivity contribution is 6.01. The summed E-state index contributed by atoms with van der Waals surface area (Å²) in [5, 5.41) is 16.0. The van der Waals surface area contributed by atoms with Crippen molar-refractivity contribution < 1.29 is 18.7 Å². The summed E-state index contributed by atoms with van der Waals surface area (Å²) in [6, 6.07) is 11.8. The molecule has 0 aliphatic carbocycles. The van der Waals surface area contributed by atoms with Crippen molar-refractivity contribution in [2.24, 2.45) is 0 Å². The normalized spacial score (nSPS) is 10.3. The second kappa shape index (κ2) is 8.04. The number of nitrogens with zero attached hydrogens (tertiary/aromatic N) is 4. The highest BCUT2D eigenvalue weighted by Gasteiger charge is 2.13. The van der Waals surface area contributed by atoms with Crippen LogP contribution in [0.5, 0.6) is 5.75 Å². The minimum atomic E-state index is -0.863. The molecule has 3 aromatic rings. The molecule has 1 aromatic heterocycles. The number of benzene rings is 2. The zero-order chi connectivity index (χ0) is 19.2. The largest absolute Gasteiger partial charge is 0.497 e. The smallest absolute Gasteiger partial charge is 0.326 e. The molecule has 2 N–H and O–H groups in total. The molecule has 0 saturated heterocycles. The molecule has 0 saturated carbocycles. The number of nitrogens with one attached hydrogen (secondary N) is 2. The minimum Gasteiger partial charge on any atom is -0.497 e. The maximum atomic E-state index is 13.5. The summed E-state index contributed by atoms with van der Waals surface area (Å²) in [6.07, 6.45) is 0. The van der Waals surface area contributed by atoms with Crippen molar-refractivity contribution in [3.05, 3.63) is 54.3 Å². The van der Waals surface area contributed by atoms with Crippen LogP contribution in [0.4, 0.5) is 14.9 Å². The molecule has 0 atom stereocenters. The molecule has 10 heteroatoms. The van der Waals surface area contributed by atoms with Gasteiger partial charge in [0, 0.05) is 5.56 Å². The molecule has 2 aromatic carbocycles. The molecule has 0 bridgehead atoms. The van der Waals surface area contributed by atoms with Crippen LogP contribution in [0.2, 0.25) is 0 Å². The number of imide groups is 1. The second-order valence-corrected chi connectivity index (χ2v) is 5.36. The van der Waals surface area contributed by atoms with Gasteiger partial charge in [0.1, 0.15) is 18.1 Å². The highest BCUT2D eigenvalue weighted by atomic mass is 19.1. The Bertz CT molecular complexity index is 975. The Morgan fingerprint density at radius 3 is 2.78 bits per heavy atom. The number of carbonyl (C=O) groups excluding carboxylic acids is 2. The molecule has 0 aliphatic heterocycles. The van der Waals surface area contributed by atoms with Crippen LogP contribution in [0.15, 0.2) is 48.5 Å². The zero-order valence-electron chi connectivity index (χ0n) is 14.2. The summed E-state index contributed by atoms with van der Waals surface area (Å²) < 4.78 is 18.6.